The predicted octanol–water partition coefficient (Wildman–Crippen LogP) is 6.15. The third-order valence-corrected chi connectivity index (χ3v) is 7.87. The molecule has 2 amide bonds. The molecule has 34 heavy (non-hydrogen) atoms. The van der Waals surface area contributed by atoms with E-state index in [9.17, 15) is 9.59 Å². The number of nitrogens with zero attached hydrogens (tertiary/aromatic N) is 1. The fraction of sp³-hybridized carbons (Fsp3) is 0.241. The van der Waals surface area contributed by atoms with Crippen LogP contribution in [0.4, 0.5) is 4.79 Å². The van der Waals surface area contributed by atoms with Crippen molar-refractivity contribution in [3.8, 4) is 0 Å². The molecule has 0 radical (unpaired) electrons. The average molecular weight is 470 g/mol. The SMILES string of the molecule is C[C@H]1SC(c2ccccc2)=C[C@H](c2ccccc2)[C@@H]1C(=O)N1C(=O)OCC1Cc1ccccc1. The highest BCUT2D eigenvalue weighted by molar-refractivity contribution is 8.08. The van der Waals surface area contributed by atoms with Gasteiger partial charge in [0, 0.05) is 16.1 Å². The molecule has 0 aliphatic carbocycles. The molecule has 5 rings (SSSR count). The van der Waals surface area contributed by atoms with E-state index >= 15 is 0 Å². The van der Waals surface area contributed by atoms with Gasteiger partial charge in [0.05, 0.1) is 12.0 Å². The van der Waals surface area contributed by atoms with Crippen LogP contribution in [0.5, 0.6) is 0 Å². The third-order valence-electron chi connectivity index (χ3n) is 6.58. The number of hydrogen-bond donors (Lipinski definition) is 0. The van der Waals surface area contributed by atoms with Gasteiger partial charge in [0.2, 0.25) is 5.91 Å². The number of benzene rings is 3. The molecule has 2 heterocycles. The van der Waals surface area contributed by atoms with Gasteiger partial charge in [0.25, 0.3) is 0 Å². The lowest BCUT2D eigenvalue weighted by Gasteiger charge is -2.36. The molecule has 0 N–H and O–H groups in total. The van der Waals surface area contributed by atoms with Crippen LogP contribution in [0.3, 0.4) is 0 Å². The summed E-state index contributed by atoms with van der Waals surface area (Å²) in [5.41, 5.74) is 3.31. The number of rotatable bonds is 5. The van der Waals surface area contributed by atoms with Crippen LogP contribution in [0.2, 0.25) is 0 Å². The second kappa shape index (κ2) is 9.90. The van der Waals surface area contributed by atoms with Gasteiger partial charge in [-0.05, 0) is 23.1 Å². The first kappa shape index (κ1) is 22.5. The fourth-order valence-corrected chi connectivity index (χ4v) is 6.23. The Morgan fingerprint density at radius 3 is 2.24 bits per heavy atom. The first-order valence-electron chi connectivity index (χ1n) is 11.6. The highest BCUT2D eigenvalue weighted by Gasteiger charge is 2.46. The quantitative estimate of drug-likeness (QED) is 0.449. The Morgan fingerprint density at radius 1 is 0.941 bits per heavy atom. The van der Waals surface area contributed by atoms with Gasteiger partial charge >= 0.3 is 6.09 Å². The number of carbonyl (C=O) groups is 2. The highest BCUT2D eigenvalue weighted by atomic mass is 32.2. The standard InChI is InChI=1S/C29H27NO3S/c1-20-27(28(31)30-24(19-33-29(30)32)17-21-11-5-2-6-12-21)25(22-13-7-3-8-14-22)18-26(34-20)23-15-9-4-10-16-23/h2-16,18,20,24-25,27H,17,19H2,1H3/t20-,24?,25-,27-/m1/s1. The monoisotopic (exact) mass is 469 g/mol. The highest BCUT2D eigenvalue weighted by Crippen LogP contribution is 2.47. The number of hydrogen-bond acceptors (Lipinski definition) is 4. The topological polar surface area (TPSA) is 46.6 Å². The number of amides is 2. The van der Waals surface area contributed by atoms with Gasteiger partial charge in [-0.1, -0.05) is 104 Å². The van der Waals surface area contributed by atoms with Crippen LogP contribution in [0.25, 0.3) is 4.91 Å². The fourth-order valence-electron chi connectivity index (χ4n) is 4.90. The first-order valence-corrected chi connectivity index (χ1v) is 12.5. The molecule has 5 heteroatoms. The molecule has 0 bridgehead atoms. The Kier molecular flexibility index (Phi) is 6.54. The second-order valence-electron chi connectivity index (χ2n) is 8.81. The van der Waals surface area contributed by atoms with E-state index in [-0.39, 0.29) is 35.6 Å². The van der Waals surface area contributed by atoms with E-state index in [1.807, 2.05) is 66.7 Å². The van der Waals surface area contributed by atoms with Crippen LogP contribution < -0.4 is 0 Å². The van der Waals surface area contributed by atoms with Gasteiger partial charge in [-0.15, -0.1) is 11.8 Å². The molecule has 4 nitrogen and oxygen atoms in total. The normalized spacial score (nSPS) is 24.4. The number of allylic oxidation sites excluding steroid dienone is 1. The molecule has 1 unspecified atom stereocenters. The van der Waals surface area contributed by atoms with Crippen LogP contribution in [-0.4, -0.2) is 34.8 Å². The van der Waals surface area contributed by atoms with Gasteiger partial charge in [0.1, 0.15) is 6.61 Å². The van der Waals surface area contributed by atoms with Crippen molar-refractivity contribution in [2.75, 3.05) is 6.61 Å². The molecule has 3 aromatic rings. The summed E-state index contributed by atoms with van der Waals surface area (Å²) in [6, 6.07) is 30.0. The Morgan fingerprint density at radius 2 is 1.56 bits per heavy atom. The maximum atomic E-state index is 14.0. The van der Waals surface area contributed by atoms with Gasteiger partial charge in [-0.3, -0.25) is 4.79 Å². The van der Waals surface area contributed by atoms with Crippen LogP contribution in [0.1, 0.15) is 29.5 Å². The Bertz CT molecular complexity index is 1180. The van der Waals surface area contributed by atoms with Gasteiger partial charge in [-0.2, -0.15) is 0 Å². The second-order valence-corrected chi connectivity index (χ2v) is 10.2. The van der Waals surface area contributed by atoms with Crippen LogP contribution >= 0.6 is 11.8 Å². The van der Waals surface area contributed by atoms with E-state index in [1.54, 1.807) is 11.8 Å². The molecule has 2 aliphatic rings. The van der Waals surface area contributed by atoms with Crippen molar-refractivity contribution < 1.29 is 14.3 Å². The average Bonchev–Trinajstić information content (AvgIpc) is 3.24. The summed E-state index contributed by atoms with van der Waals surface area (Å²) < 4.78 is 5.37. The number of cyclic esters (lactones) is 1. The summed E-state index contributed by atoms with van der Waals surface area (Å²) in [4.78, 5) is 29.3. The van der Waals surface area contributed by atoms with Gasteiger partial charge in [0.15, 0.2) is 0 Å². The molecular weight excluding hydrogens is 442 g/mol. The van der Waals surface area contributed by atoms with Crippen LogP contribution in [-0.2, 0) is 16.0 Å². The Balaban J connectivity index is 1.49. The Labute approximate surface area is 204 Å². The lowest BCUT2D eigenvalue weighted by Crippen LogP contribution is -2.47. The third kappa shape index (κ3) is 4.53. The first-order chi connectivity index (χ1) is 16.6. The minimum Gasteiger partial charge on any atom is -0.447 e. The lowest BCUT2D eigenvalue weighted by atomic mass is 9.81. The lowest BCUT2D eigenvalue weighted by molar-refractivity contribution is -0.133. The van der Waals surface area contributed by atoms with Crippen molar-refractivity contribution in [2.24, 2.45) is 5.92 Å². The van der Waals surface area contributed by atoms with Crippen LogP contribution in [0.15, 0.2) is 97.1 Å². The molecule has 172 valence electrons. The summed E-state index contributed by atoms with van der Waals surface area (Å²) in [5, 5.41) is -0.0105. The summed E-state index contributed by atoms with van der Waals surface area (Å²) in [6.45, 7) is 2.32. The number of ether oxygens (including phenoxy) is 1. The van der Waals surface area contributed by atoms with Crippen molar-refractivity contribution >= 4 is 28.7 Å². The van der Waals surface area contributed by atoms with E-state index in [0.29, 0.717) is 6.42 Å². The zero-order valence-electron chi connectivity index (χ0n) is 19.0. The van der Waals surface area contributed by atoms with E-state index < -0.39 is 6.09 Å². The number of carbonyl (C=O) groups excluding carboxylic acids is 2. The van der Waals surface area contributed by atoms with E-state index in [0.717, 1.165) is 21.6 Å². The Hall–Kier alpha value is -3.31. The number of imide groups is 1. The maximum Gasteiger partial charge on any atom is 0.416 e. The summed E-state index contributed by atoms with van der Waals surface area (Å²) in [6.07, 6.45) is 2.26. The van der Waals surface area contributed by atoms with Gasteiger partial charge < -0.3 is 4.74 Å². The predicted molar refractivity (Wildman–Crippen MR) is 136 cm³/mol. The molecule has 0 saturated carbocycles. The molecule has 2 aliphatic heterocycles. The minimum atomic E-state index is -0.534. The molecule has 0 aromatic heterocycles. The smallest absolute Gasteiger partial charge is 0.416 e. The van der Waals surface area contributed by atoms with Crippen molar-refractivity contribution in [3.63, 3.8) is 0 Å². The zero-order valence-corrected chi connectivity index (χ0v) is 19.9. The van der Waals surface area contributed by atoms with Crippen molar-refractivity contribution in [1.29, 1.82) is 0 Å². The van der Waals surface area contributed by atoms with Crippen molar-refractivity contribution in [2.45, 2.75) is 30.6 Å². The largest absolute Gasteiger partial charge is 0.447 e. The molecule has 4 atom stereocenters. The molecular formula is C29H27NO3S. The van der Waals surface area contributed by atoms with E-state index in [4.69, 9.17) is 4.74 Å². The van der Waals surface area contributed by atoms with E-state index in [1.165, 1.54) is 4.90 Å². The van der Waals surface area contributed by atoms with Crippen molar-refractivity contribution in [1.82, 2.24) is 4.90 Å². The molecule has 1 fully saturated rings. The minimum absolute atomic E-state index is 0.0105. The summed E-state index contributed by atoms with van der Waals surface area (Å²) in [7, 11) is 0. The molecule has 3 aromatic carbocycles. The van der Waals surface area contributed by atoms with Crippen LogP contribution in [0, 0.1) is 5.92 Å². The maximum absolute atomic E-state index is 14.0. The summed E-state index contributed by atoms with van der Waals surface area (Å²) in [5.74, 6) is -0.657. The molecule has 0 spiro atoms. The summed E-state index contributed by atoms with van der Waals surface area (Å²) >= 11 is 1.70. The number of thioether (sulfide) groups is 1. The van der Waals surface area contributed by atoms with Crippen molar-refractivity contribution in [3.05, 3.63) is 114 Å². The molecule has 1 saturated heterocycles. The van der Waals surface area contributed by atoms with E-state index in [2.05, 4.69) is 37.3 Å². The van der Waals surface area contributed by atoms with Gasteiger partial charge in [-0.25, -0.2) is 9.69 Å². The zero-order chi connectivity index (χ0) is 23.5.